The Labute approximate surface area is 69.9 Å². The molecule has 2 N–H and O–H groups in total. The SMILES string of the molecule is C1=Cc2cccc3c[nH]c(c23)N1. The van der Waals surface area contributed by atoms with Gasteiger partial charge in [-0.05, 0) is 11.6 Å². The van der Waals surface area contributed by atoms with E-state index in [1.807, 2.05) is 12.4 Å². The minimum absolute atomic E-state index is 1.10. The van der Waals surface area contributed by atoms with E-state index in [2.05, 4.69) is 34.6 Å². The number of hydrogen-bond donors (Lipinski definition) is 2. The highest BCUT2D eigenvalue weighted by atomic mass is 15.0. The van der Waals surface area contributed by atoms with Crippen LogP contribution in [0.3, 0.4) is 0 Å². The number of rotatable bonds is 0. The van der Waals surface area contributed by atoms with Crippen LogP contribution in [0.5, 0.6) is 0 Å². The van der Waals surface area contributed by atoms with Gasteiger partial charge in [-0.2, -0.15) is 0 Å². The minimum atomic E-state index is 1.10. The molecule has 0 spiro atoms. The van der Waals surface area contributed by atoms with Crippen molar-refractivity contribution in [3.8, 4) is 0 Å². The highest BCUT2D eigenvalue weighted by Crippen LogP contribution is 2.29. The van der Waals surface area contributed by atoms with Crippen LogP contribution < -0.4 is 5.32 Å². The first-order chi connectivity index (χ1) is 5.95. The van der Waals surface area contributed by atoms with Crippen molar-refractivity contribution in [1.29, 1.82) is 0 Å². The molecule has 1 aliphatic heterocycles. The number of anilines is 1. The van der Waals surface area contributed by atoms with Crippen LogP contribution in [0.15, 0.2) is 30.6 Å². The Morgan fingerprint density at radius 1 is 1.17 bits per heavy atom. The second kappa shape index (κ2) is 1.91. The van der Waals surface area contributed by atoms with Gasteiger partial charge in [0.2, 0.25) is 0 Å². The molecule has 0 aliphatic carbocycles. The molecule has 0 atom stereocenters. The number of benzene rings is 1. The smallest absolute Gasteiger partial charge is 0.115 e. The van der Waals surface area contributed by atoms with E-state index in [9.17, 15) is 0 Å². The van der Waals surface area contributed by atoms with Gasteiger partial charge < -0.3 is 10.3 Å². The van der Waals surface area contributed by atoms with Crippen molar-refractivity contribution in [2.24, 2.45) is 0 Å². The van der Waals surface area contributed by atoms with Crippen molar-refractivity contribution in [1.82, 2.24) is 4.98 Å². The lowest BCUT2D eigenvalue weighted by Gasteiger charge is -2.06. The lowest BCUT2D eigenvalue weighted by atomic mass is 10.1. The van der Waals surface area contributed by atoms with E-state index >= 15 is 0 Å². The second-order valence-corrected chi connectivity index (χ2v) is 2.95. The topological polar surface area (TPSA) is 27.8 Å². The number of aromatic amines is 1. The van der Waals surface area contributed by atoms with Crippen LogP contribution in [-0.4, -0.2) is 4.98 Å². The van der Waals surface area contributed by atoms with E-state index in [-0.39, 0.29) is 0 Å². The first-order valence-corrected chi connectivity index (χ1v) is 3.98. The maximum atomic E-state index is 3.19. The summed E-state index contributed by atoms with van der Waals surface area (Å²) in [5, 5.41) is 5.73. The Kier molecular flexibility index (Phi) is 0.939. The molecule has 12 heavy (non-hydrogen) atoms. The average Bonchev–Trinajstić information content (AvgIpc) is 2.52. The third kappa shape index (κ3) is 0.593. The Bertz CT molecular complexity index is 466. The normalized spacial score (nSPS) is 13.3. The lowest BCUT2D eigenvalue weighted by molar-refractivity contribution is 1.39. The molecule has 0 unspecified atom stereocenters. The first-order valence-electron chi connectivity index (χ1n) is 3.98. The van der Waals surface area contributed by atoms with E-state index in [0.717, 1.165) is 5.82 Å². The second-order valence-electron chi connectivity index (χ2n) is 2.95. The Hall–Kier alpha value is -1.70. The van der Waals surface area contributed by atoms with Crippen molar-refractivity contribution < 1.29 is 0 Å². The molecule has 2 heteroatoms. The molecule has 0 radical (unpaired) electrons. The van der Waals surface area contributed by atoms with Crippen LogP contribution in [0.25, 0.3) is 16.8 Å². The van der Waals surface area contributed by atoms with E-state index in [1.54, 1.807) is 0 Å². The fourth-order valence-electron chi connectivity index (χ4n) is 1.69. The Balaban J connectivity index is 2.57. The van der Waals surface area contributed by atoms with Gasteiger partial charge in [-0.3, -0.25) is 0 Å². The van der Waals surface area contributed by atoms with Gasteiger partial charge in [-0.25, -0.2) is 0 Å². The molecule has 58 valence electrons. The molecular formula is C10H8N2. The van der Waals surface area contributed by atoms with Crippen LogP contribution in [-0.2, 0) is 0 Å². The number of H-pyrrole nitrogens is 1. The third-order valence-electron chi connectivity index (χ3n) is 2.24. The molecule has 1 aliphatic rings. The third-order valence-corrected chi connectivity index (χ3v) is 2.24. The zero-order valence-electron chi connectivity index (χ0n) is 6.46. The quantitative estimate of drug-likeness (QED) is 0.602. The summed E-state index contributed by atoms with van der Waals surface area (Å²) in [6.07, 6.45) is 6.06. The van der Waals surface area contributed by atoms with E-state index in [1.165, 1.54) is 16.3 Å². The number of hydrogen-bond acceptors (Lipinski definition) is 1. The monoisotopic (exact) mass is 156 g/mol. The van der Waals surface area contributed by atoms with Crippen LogP contribution >= 0.6 is 0 Å². The molecule has 1 aromatic carbocycles. The molecule has 2 nitrogen and oxygen atoms in total. The summed E-state index contributed by atoms with van der Waals surface area (Å²) in [6.45, 7) is 0. The largest absolute Gasteiger partial charge is 0.348 e. The van der Waals surface area contributed by atoms with Gasteiger partial charge in [-0.15, -0.1) is 0 Å². The van der Waals surface area contributed by atoms with Gasteiger partial charge in [-0.1, -0.05) is 18.2 Å². The molecular weight excluding hydrogens is 148 g/mol. The average molecular weight is 156 g/mol. The van der Waals surface area contributed by atoms with Crippen LogP contribution in [0.2, 0.25) is 0 Å². The van der Waals surface area contributed by atoms with Gasteiger partial charge in [0.15, 0.2) is 0 Å². The molecule has 0 amide bonds. The highest BCUT2D eigenvalue weighted by molar-refractivity contribution is 6.01. The van der Waals surface area contributed by atoms with Gasteiger partial charge in [0.05, 0.1) is 0 Å². The van der Waals surface area contributed by atoms with Crippen molar-refractivity contribution in [3.63, 3.8) is 0 Å². The predicted octanol–water partition coefficient (Wildman–Crippen LogP) is 2.56. The summed E-state index contributed by atoms with van der Waals surface area (Å²) >= 11 is 0. The van der Waals surface area contributed by atoms with Crippen molar-refractivity contribution in [2.45, 2.75) is 0 Å². The molecule has 0 saturated carbocycles. The Morgan fingerprint density at radius 2 is 2.17 bits per heavy atom. The summed E-state index contributed by atoms with van der Waals surface area (Å²) in [6, 6.07) is 6.31. The van der Waals surface area contributed by atoms with Gasteiger partial charge in [0.25, 0.3) is 0 Å². The summed E-state index contributed by atoms with van der Waals surface area (Å²) < 4.78 is 0. The van der Waals surface area contributed by atoms with Gasteiger partial charge >= 0.3 is 0 Å². The Morgan fingerprint density at radius 3 is 3.17 bits per heavy atom. The molecule has 0 saturated heterocycles. The molecule has 1 aromatic heterocycles. The van der Waals surface area contributed by atoms with Crippen LogP contribution in [0.1, 0.15) is 5.56 Å². The van der Waals surface area contributed by atoms with Gasteiger partial charge in [0.1, 0.15) is 5.82 Å². The van der Waals surface area contributed by atoms with Crippen molar-refractivity contribution in [2.75, 3.05) is 5.32 Å². The zero-order valence-corrected chi connectivity index (χ0v) is 6.46. The molecule has 2 aromatic rings. The first kappa shape index (κ1) is 5.89. The highest BCUT2D eigenvalue weighted by Gasteiger charge is 2.07. The zero-order chi connectivity index (χ0) is 7.97. The minimum Gasteiger partial charge on any atom is -0.348 e. The number of nitrogens with one attached hydrogen (secondary N) is 2. The summed E-state index contributed by atoms with van der Waals surface area (Å²) in [7, 11) is 0. The molecule has 3 rings (SSSR count). The van der Waals surface area contributed by atoms with Crippen molar-refractivity contribution in [3.05, 3.63) is 36.2 Å². The number of aromatic nitrogens is 1. The summed E-state index contributed by atoms with van der Waals surface area (Å²) in [5.41, 5.74) is 1.28. The molecule has 0 bridgehead atoms. The van der Waals surface area contributed by atoms with E-state index in [4.69, 9.17) is 0 Å². The standard InChI is InChI=1S/C10H8N2/c1-2-7-4-5-11-10-9(7)8(3-1)6-12-10/h1-6,11-12H. The fraction of sp³-hybridized carbons (Fsp3) is 0. The summed E-state index contributed by atoms with van der Waals surface area (Å²) in [5.74, 6) is 1.10. The maximum absolute atomic E-state index is 3.19. The van der Waals surface area contributed by atoms with E-state index < -0.39 is 0 Å². The lowest BCUT2D eigenvalue weighted by Crippen LogP contribution is -1.92. The van der Waals surface area contributed by atoms with Gasteiger partial charge in [0, 0.05) is 23.2 Å². The maximum Gasteiger partial charge on any atom is 0.115 e. The predicted molar refractivity (Wildman–Crippen MR) is 51.0 cm³/mol. The molecule has 2 heterocycles. The van der Waals surface area contributed by atoms with Crippen LogP contribution in [0.4, 0.5) is 5.82 Å². The molecule has 0 fully saturated rings. The van der Waals surface area contributed by atoms with Crippen molar-refractivity contribution >= 4 is 22.7 Å². The van der Waals surface area contributed by atoms with Crippen LogP contribution in [0, 0.1) is 0 Å². The fourth-order valence-corrected chi connectivity index (χ4v) is 1.69. The summed E-state index contributed by atoms with van der Waals surface area (Å²) in [4.78, 5) is 3.19. The van der Waals surface area contributed by atoms with E-state index in [0.29, 0.717) is 0 Å².